The Bertz CT molecular complexity index is 486. The SMILES string of the molecule is Cc1ccc(NC(=O)[C@@H](C)N)cc1OCC1CCCCC1.Cl. The van der Waals surface area contributed by atoms with Crippen LogP contribution in [0.5, 0.6) is 5.75 Å². The Kier molecular flexibility index (Phi) is 7.69. The van der Waals surface area contributed by atoms with E-state index in [1.807, 2.05) is 25.1 Å². The van der Waals surface area contributed by atoms with Crippen LogP contribution in [0.4, 0.5) is 5.69 Å². The number of carbonyl (C=O) groups is 1. The number of aryl methyl sites for hydroxylation is 1. The summed E-state index contributed by atoms with van der Waals surface area (Å²) in [6.45, 7) is 4.46. The Labute approximate surface area is 139 Å². The van der Waals surface area contributed by atoms with Gasteiger partial charge >= 0.3 is 0 Å². The first-order valence-electron chi connectivity index (χ1n) is 7.86. The summed E-state index contributed by atoms with van der Waals surface area (Å²) < 4.78 is 5.98. The van der Waals surface area contributed by atoms with E-state index in [0.29, 0.717) is 5.92 Å². The Morgan fingerprint density at radius 3 is 2.68 bits per heavy atom. The maximum atomic E-state index is 11.6. The van der Waals surface area contributed by atoms with Gasteiger partial charge in [-0.2, -0.15) is 0 Å². The van der Waals surface area contributed by atoms with E-state index in [2.05, 4.69) is 5.32 Å². The van der Waals surface area contributed by atoms with Crippen molar-refractivity contribution in [2.45, 2.75) is 52.0 Å². The fourth-order valence-electron chi connectivity index (χ4n) is 2.65. The molecule has 0 bridgehead atoms. The average molecular weight is 327 g/mol. The minimum Gasteiger partial charge on any atom is -0.493 e. The zero-order valence-electron chi connectivity index (χ0n) is 13.4. The van der Waals surface area contributed by atoms with Crippen molar-refractivity contribution in [3.05, 3.63) is 23.8 Å². The third-order valence-electron chi connectivity index (χ3n) is 4.07. The van der Waals surface area contributed by atoms with Gasteiger partial charge in [0.1, 0.15) is 5.75 Å². The molecule has 4 nitrogen and oxygen atoms in total. The van der Waals surface area contributed by atoms with Crippen molar-refractivity contribution in [2.75, 3.05) is 11.9 Å². The van der Waals surface area contributed by atoms with Crippen molar-refractivity contribution in [1.29, 1.82) is 0 Å². The summed E-state index contributed by atoms with van der Waals surface area (Å²) in [6, 6.07) is 5.21. The van der Waals surface area contributed by atoms with Crippen molar-refractivity contribution in [2.24, 2.45) is 11.7 Å². The molecular weight excluding hydrogens is 300 g/mol. The molecule has 3 N–H and O–H groups in total. The van der Waals surface area contributed by atoms with Gasteiger partial charge in [0.15, 0.2) is 0 Å². The fourth-order valence-corrected chi connectivity index (χ4v) is 2.65. The zero-order chi connectivity index (χ0) is 15.2. The molecule has 0 aliphatic heterocycles. The molecule has 0 saturated heterocycles. The molecular formula is C17H27ClN2O2. The number of carbonyl (C=O) groups excluding carboxylic acids is 1. The summed E-state index contributed by atoms with van der Waals surface area (Å²) in [5.74, 6) is 1.33. The van der Waals surface area contributed by atoms with Gasteiger partial charge in [-0.3, -0.25) is 4.79 Å². The topological polar surface area (TPSA) is 64.4 Å². The number of rotatable bonds is 5. The van der Waals surface area contributed by atoms with Crippen molar-refractivity contribution < 1.29 is 9.53 Å². The highest BCUT2D eigenvalue weighted by molar-refractivity contribution is 5.94. The molecule has 1 atom stereocenters. The van der Waals surface area contributed by atoms with E-state index in [1.165, 1.54) is 32.1 Å². The highest BCUT2D eigenvalue weighted by atomic mass is 35.5. The number of amides is 1. The van der Waals surface area contributed by atoms with Crippen LogP contribution in [0, 0.1) is 12.8 Å². The number of halogens is 1. The first-order valence-corrected chi connectivity index (χ1v) is 7.86. The van der Waals surface area contributed by atoms with Gasteiger partial charge in [-0.25, -0.2) is 0 Å². The third-order valence-corrected chi connectivity index (χ3v) is 4.07. The van der Waals surface area contributed by atoms with E-state index >= 15 is 0 Å². The predicted octanol–water partition coefficient (Wildman–Crippen LogP) is 3.66. The van der Waals surface area contributed by atoms with Crippen molar-refractivity contribution in [1.82, 2.24) is 0 Å². The molecule has 22 heavy (non-hydrogen) atoms. The molecule has 0 unspecified atom stereocenters. The summed E-state index contributed by atoms with van der Waals surface area (Å²) in [5.41, 5.74) is 7.39. The normalized spacial score (nSPS) is 16.5. The van der Waals surface area contributed by atoms with Crippen LogP contribution in [0.1, 0.15) is 44.6 Å². The largest absolute Gasteiger partial charge is 0.493 e. The van der Waals surface area contributed by atoms with Gasteiger partial charge in [0.2, 0.25) is 5.91 Å². The summed E-state index contributed by atoms with van der Waals surface area (Å²) >= 11 is 0. The number of hydrogen-bond acceptors (Lipinski definition) is 3. The smallest absolute Gasteiger partial charge is 0.241 e. The number of hydrogen-bond donors (Lipinski definition) is 2. The molecule has 124 valence electrons. The Hall–Kier alpha value is -1.26. The van der Waals surface area contributed by atoms with Gasteiger partial charge in [-0.1, -0.05) is 25.3 Å². The Balaban J connectivity index is 0.00000242. The van der Waals surface area contributed by atoms with Crippen LogP contribution in [0.3, 0.4) is 0 Å². The van der Waals surface area contributed by atoms with E-state index in [4.69, 9.17) is 10.5 Å². The number of nitrogens with two attached hydrogens (primary N) is 1. The standard InChI is InChI=1S/C17H26N2O2.ClH/c1-12-8-9-15(19-17(20)13(2)18)10-16(12)21-11-14-6-4-3-5-7-14;/h8-10,13-14H,3-7,11,18H2,1-2H3,(H,19,20);1H/t13-;/m1./s1. The Morgan fingerprint density at radius 2 is 2.05 bits per heavy atom. The number of ether oxygens (including phenoxy) is 1. The molecule has 1 amide bonds. The molecule has 1 aliphatic rings. The highest BCUT2D eigenvalue weighted by Crippen LogP contribution is 2.27. The molecule has 1 aliphatic carbocycles. The summed E-state index contributed by atoms with van der Waals surface area (Å²) in [6.07, 6.45) is 6.52. The zero-order valence-corrected chi connectivity index (χ0v) is 14.2. The quantitative estimate of drug-likeness (QED) is 0.867. The molecule has 1 aromatic rings. The van der Waals surface area contributed by atoms with Gasteiger partial charge in [-0.05, 0) is 44.2 Å². The van der Waals surface area contributed by atoms with E-state index in [-0.39, 0.29) is 18.3 Å². The monoisotopic (exact) mass is 326 g/mol. The molecule has 1 aromatic carbocycles. The summed E-state index contributed by atoms with van der Waals surface area (Å²) in [7, 11) is 0. The van der Waals surface area contributed by atoms with Gasteiger partial charge < -0.3 is 15.8 Å². The fraction of sp³-hybridized carbons (Fsp3) is 0.588. The molecule has 0 heterocycles. The van der Waals surface area contributed by atoms with Crippen LogP contribution in [0.15, 0.2) is 18.2 Å². The van der Waals surface area contributed by atoms with Gasteiger partial charge in [0, 0.05) is 11.8 Å². The second-order valence-corrected chi connectivity index (χ2v) is 6.07. The molecule has 2 rings (SSSR count). The lowest BCUT2D eigenvalue weighted by Crippen LogP contribution is -2.32. The van der Waals surface area contributed by atoms with Crippen molar-refractivity contribution >= 4 is 24.0 Å². The second-order valence-electron chi connectivity index (χ2n) is 6.07. The van der Waals surface area contributed by atoms with Gasteiger partial charge in [0.25, 0.3) is 0 Å². The van der Waals surface area contributed by atoms with Crippen LogP contribution < -0.4 is 15.8 Å². The minimum atomic E-state index is -0.516. The van der Waals surface area contributed by atoms with Crippen LogP contribution in [-0.4, -0.2) is 18.6 Å². The molecule has 1 fully saturated rings. The lowest BCUT2D eigenvalue weighted by Gasteiger charge is -2.22. The molecule has 0 radical (unpaired) electrons. The van der Waals surface area contributed by atoms with E-state index in [1.54, 1.807) is 6.92 Å². The van der Waals surface area contributed by atoms with Crippen LogP contribution in [-0.2, 0) is 4.79 Å². The molecule has 1 saturated carbocycles. The van der Waals surface area contributed by atoms with E-state index in [0.717, 1.165) is 23.6 Å². The first-order chi connectivity index (χ1) is 10.1. The minimum absolute atomic E-state index is 0. The van der Waals surface area contributed by atoms with Crippen LogP contribution >= 0.6 is 12.4 Å². The van der Waals surface area contributed by atoms with Crippen LogP contribution in [0.25, 0.3) is 0 Å². The molecule has 0 spiro atoms. The van der Waals surface area contributed by atoms with Crippen LogP contribution in [0.2, 0.25) is 0 Å². The molecule has 0 aromatic heterocycles. The number of anilines is 1. The summed E-state index contributed by atoms with van der Waals surface area (Å²) in [5, 5.41) is 2.80. The second kappa shape index (κ2) is 9.01. The van der Waals surface area contributed by atoms with Gasteiger partial charge in [0.05, 0.1) is 12.6 Å². The van der Waals surface area contributed by atoms with Crippen molar-refractivity contribution in [3.8, 4) is 5.75 Å². The lowest BCUT2D eigenvalue weighted by molar-refractivity contribution is -0.117. The third kappa shape index (κ3) is 5.50. The predicted molar refractivity (Wildman–Crippen MR) is 92.8 cm³/mol. The van der Waals surface area contributed by atoms with E-state index < -0.39 is 6.04 Å². The highest BCUT2D eigenvalue weighted by Gasteiger charge is 2.15. The van der Waals surface area contributed by atoms with Gasteiger partial charge in [-0.15, -0.1) is 12.4 Å². The molecule has 5 heteroatoms. The number of benzene rings is 1. The summed E-state index contributed by atoms with van der Waals surface area (Å²) in [4.78, 5) is 11.6. The Morgan fingerprint density at radius 1 is 1.36 bits per heavy atom. The van der Waals surface area contributed by atoms with E-state index in [9.17, 15) is 4.79 Å². The first kappa shape index (κ1) is 18.8. The maximum absolute atomic E-state index is 11.6. The number of nitrogens with one attached hydrogen (secondary N) is 1. The lowest BCUT2D eigenvalue weighted by atomic mass is 9.90. The maximum Gasteiger partial charge on any atom is 0.241 e. The van der Waals surface area contributed by atoms with Crippen molar-refractivity contribution in [3.63, 3.8) is 0 Å². The average Bonchev–Trinajstić information content (AvgIpc) is 2.48.